The van der Waals surface area contributed by atoms with Gasteiger partial charge in [0.05, 0.1) is 6.61 Å². The summed E-state index contributed by atoms with van der Waals surface area (Å²) in [5.41, 5.74) is -0.415. The summed E-state index contributed by atoms with van der Waals surface area (Å²) in [5.74, 6) is -0.188. The minimum absolute atomic E-state index is 0.188. The van der Waals surface area contributed by atoms with Crippen LogP contribution in [0.25, 0.3) is 0 Å². The second-order valence-corrected chi connectivity index (χ2v) is 4.89. The predicted octanol–water partition coefficient (Wildman–Crippen LogP) is 3.12. The molecule has 0 aromatic heterocycles. The first-order valence-corrected chi connectivity index (χ1v) is 6.14. The molecule has 0 aliphatic carbocycles. The lowest BCUT2D eigenvalue weighted by Crippen LogP contribution is -2.16. The zero-order valence-electron chi connectivity index (χ0n) is 10.8. The van der Waals surface area contributed by atoms with Gasteiger partial charge < -0.3 is 9.53 Å². The SMILES string of the molecule is CCCCCCOC(=O)CCC(C)(C)C=O. The zero-order valence-corrected chi connectivity index (χ0v) is 10.8. The summed E-state index contributed by atoms with van der Waals surface area (Å²) < 4.78 is 5.07. The summed E-state index contributed by atoms with van der Waals surface area (Å²) in [6, 6.07) is 0. The Balaban J connectivity index is 3.48. The molecular weight excluding hydrogens is 204 g/mol. The molecule has 0 saturated heterocycles. The van der Waals surface area contributed by atoms with Crippen molar-refractivity contribution in [1.29, 1.82) is 0 Å². The van der Waals surface area contributed by atoms with Crippen molar-refractivity contribution in [2.45, 2.75) is 59.3 Å². The minimum atomic E-state index is -0.415. The standard InChI is InChI=1S/C13H24O3/c1-4-5-6-7-10-16-12(15)8-9-13(2,3)11-14/h11H,4-10H2,1-3H3. The Labute approximate surface area is 98.6 Å². The topological polar surface area (TPSA) is 43.4 Å². The highest BCUT2D eigenvalue weighted by Crippen LogP contribution is 2.19. The molecule has 0 aliphatic rings. The minimum Gasteiger partial charge on any atom is -0.466 e. The summed E-state index contributed by atoms with van der Waals surface area (Å²) in [4.78, 5) is 21.9. The van der Waals surface area contributed by atoms with Crippen LogP contribution in [-0.2, 0) is 14.3 Å². The van der Waals surface area contributed by atoms with Crippen LogP contribution in [0.1, 0.15) is 59.3 Å². The van der Waals surface area contributed by atoms with Crippen molar-refractivity contribution >= 4 is 12.3 Å². The van der Waals surface area contributed by atoms with Crippen molar-refractivity contribution in [3.8, 4) is 0 Å². The Bertz CT molecular complexity index is 209. The third-order valence-electron chi connectivity index (χ3n) is 2.55. The summed E-state index contributed by atoms with van der Waals surface area (Å²) in [6.45, 7) is 6.32. The van der Waals surface area contributed by atoms with Crippen LogP contribution in [0.3, 0.4) is 0 Å². The number of ether oxygens (including phenoxy) is 1. The van der Waals surface area contributed by atoms with Crippen molar-refractivity contribution in [3.63, 3.8) is 0 Å². The molecule has 0 N–H and O–H groups in total. The normalized spacial score (nSPS) is 11.2. The molecule has 94 valence electrons. The summed E-state index contributed by atoms with van der Waals surface area (Å²) >= 11 is 0. The fraction of sp³-hybridized carbons (Fsp3) is 0.846. The molecule has 3 heteroatoms. The Morgan fingerprint density at radius 2 is 1.94 bits per heavy atom. The van der Waals surface area contributed by atoms with Crippen molar-refractivity contribution in [3.05, 3.63) is 0 Å². The molecule has 0 spiro atoms. The quantitative estimate of drug-likeness (QED) is 0.346. The number of unbranched alkanes of at least 4 members (excludes halogenated alkanes) is 3. The maximum Gasteiger partial charge on any atom is 0.305 e. The Morgan fingerprint density at radius 1 is 1.25 bits per heavy atom. The Hall–Kier alpha value is -0.860. The largest absolute Gasteiger partial charge is 0.466 e. The van der Waals surface area contributed by atoms with Gasteiger partial charge in [0, 0.05) is 11.8 Å². The van der Waals surface area contributed by atoms with Crippen LogP contribution < -0.4 is 0 Å². The van der Waals surface area contributed by atoms with Gasteiger partial charge in [-0.15, -0.1) is 0 Å². The van der Waals surface area contributed by atoms with Crippen LogP contribution in [0.4, 0.5) is 0 Å². The van der Waals surface area contributed by atoms with Crippen LogP contribution >= 0.6 is 0 Å². The van der Waals surface area contributed by atoms with Crippen molar-refractivity contribution in [2.75, 3.05) is 6.61 Å². The van der Waals surface area contributed by atoms with Crippen LogP contribution in [0, 0.1) is 5.41 Å². The average Bonchev–Trinajstić information content (AvgIpc) is 2.26. The molecule has 0 atom stereocenters. The van der Waals surface area contributed by atoms with E-state index < -0.39 is 5.41 Å². The molecule has 0 heterocycles. The monoisotopic (exact) mass is 228 g/mol. The molecule has 0 radical (unpaired) electrons. The molecule has 0 aliphatic heterocycles. The summed E-state index contributed by atoms with van der Waals surface area (Å²) in [6.07, 6.45) is 6.21. The molecule has 0 amide bonds. The lowest BCUT2D eigenvalue weighted by atomic mass is 9.90. The van der Waals surface area contributed by atoms with E-state index in [9.17, 15) is 9.59 Å². The fourth-order valence-corrected chi connectivity index (χ4v) is 1.27. The number of carbonyl (C=O) groups excluding carboxylic acids is 2. The number of rotatable bonds is 9. The lowest BCUT2D eigenvalue weighted by molar-refractivity contribution is -0.144. The Kier molecular flexibility index (Phi) is 7.86. The highest BCUT2D eigenvalue weighted by atomic mass is 16.5. The van der Waals surface area contributed by atoms with E-state index in [1.807, 2.05) is 13.8 Å². The van der Waals surface area contributed by atoms with Crippen LogP contribution in [0.2, 0.25) is 0 Å². The van der Waals surface area contributed by atoms with Gasteiger partial charge in [-0.05, 0) is 12.8 Å². The van der Waals surface area contributed by atoms with E-state index in [0.717, 1.165) is 19.1 Å². The molecule has 0 fully saturated rings. The van der Waals surface area contributed by atoms with E-state index in [0.29, 0.717) is 19.4 Å². The van der Waals surface area contributed by atoms with E-state index in [2.05, 4.69) is 6.92 Å². The third-order valence-corrected chi connectivity index (χ3v) is 2.55. The lowest BCUT2D eigenvalue weighted by Gasteiger charge is -2.15. The second-order valence-electron chi connectivity index (χ2n) is 4.89. The molecule has 0 bridgehead atoms. The molecule has 0 saturated carbocycles. The van der Waals surface area contributed by atoms with Crippen LogP contribution in [0.5, 0.6) is 0 Å². The van der Waals surface area contributed by atoms with Gasteiger partial charge in [-0.2, -0.15) is 0 Å². The van der Waals surface area contributed by atoms with E-state index in [4.69, 9.17) is 4.74 Å². The smallest absolute Gasteiger partial charge is 0.305 e. The van der Waals surface area contributed by atoms with Gasteiger partial charge in [0.1, 0.15) is 6.29 Å². The molecule has 0 rings (SSSR count). The predicted molar refractivity (Wildman–Crippen MR) is 64.2 cm³/mol. The second kappa shape index (κ2) is 8.31. The fourth-order valence-electron chi connectivity index (χ4n) is 1.27. The van der Waals surface area contributed by atoms with Gasteiger partial charge in [0.15, 0.2) is 0 Å². The first-order chi connectivity index (χ1) is 7.52. The average molecular weight is 228 g/mol. The van der Waals surface area contributed by atoms with E-state index in [-0.39, 0.29) is 5.97 Å². The molecule has 0 unspecified atom stereocenters. The van der Waals surface area contributed by atoms with E-state index >= 15 is 0 Å². The van der Waals surface area contributed by atoms with Crippen LogP contribution in [0.15, 0.2) is 0 Å². The van der Waals surface area contributed by atoms with E-state index in [1.165, 1.54) is 12.8 Å². The number of aldehydes is 1. The van der Waals surface area contributed by atoms with Crippen molar-refractivity contribution in [1.82, 2.24) is 0 Å². The summed E-state index contributed by atoms with van der Waals surface area (Å²) in [7, 11) is 0. The molecule has 16 heavy (non-hydrogen) atoms. The van der Waals surface area contributed by atoms with Crippen LogP contribution in [-0.4, -0.2) is 18.9 Å². The molecular formula is C13H24O3. The number of hydrogen-bond donors (Lipinski definition) is 0. The number of carbonyl (C=O) groups is 2. The molecule has 0 aromatic carbocycles. The highest BCUT2D eigenvalue weighted by molar-refractivity contribution is 5.70. The van der Waals surface area contributed by atoms with Gasteiger partial charge in [-0.3, -0.25) is 4.79 Å². The zero-order chi connectivity index (χ0) is 12.4. The first-order valence-electron chi connectivity index (χ1n) is 6.14. The maximum absolute atomic E-state index is 11.3. The summed E-state index contributed by atoms with van der Waals surface area (Å²) in [5, 5.41) is 0. The van der Waals surface area contributed by atoms with E-state index in [1.54, 1.807) is 0 Å². The van der Waals surface area contributed by atoms with Gasteiger partial charge in [-0.1, -0.05) is 40.0 Å². The molecule has 3 nitrogen and oxygen atoms in total. The first kappa shape index (κ1) is 15.1. The Morgan fingerprint density at radius 3 is 2.50 bits per heavy atom. The number of hydrogen-bond acceptors (Lipinski definition) is 3. The van der Waals surface area contributed by atoms with Gasteiger partial charge in [0.2, 0.25) is 0 Å². The molecule has 0 aromatic rings. The van der Waals surface area contributed by atoms with Gasteiger partial charge >= 0.3 is 5.97 Å². The number of esters is 1. The highest BCUT2D eigenvalue weighted by Gasteiger charge is 2.18. The van der Waals surface area contributed by atoms with Crippen molar-refractivity contribution in [2.24, 2.45) is 5.41 Å². The maximum atomic E-state index is 11.3. The van der Waals surface area contributed by atoms with Gasteiger partial charge in [0.25, 0.3) is 0 Å². The third kappa shape index (κ3) is 8.45. The van der Waals surface area contributed by atoms with Gasteiger partial charge in [-0.25, -0.2) is 0 Å². The van der Waals surface area contributed by atoms with Crippen molar-refractivity contribution < 1.29 is 14.3 Å².